The van der Waals surface area contributed by atoms with Gasteiger partial charge in [-0.05, 0) is 60.4 Å². The van der Waals surface area contributed by atoms with E-state index in [2.05, 4.69) is 13.0 Å². The Morgan fingerprint density at radius 1 is 0.977 bits per heavy atom. The van der Waals surface area contributed by atoms with Crippen LogP contribution >= 0.6 is 0 Å². The second-order valence-corrected chi connectivity index (χ2v) is 10.4. The van der Waals surface area contributed by atoms with Crippen molar-refractivity contribution >= 4 is 16.9 Å². The van der Waals surface area contributed by atoms with Crippen molar-refractivity contribution < 1.29 is 28.2 Å². The largest absolute Gasteiger partial charge is 0.493 e. The maximum absolute atomic E-state index is 13.2. The summed E-state index contributed by atoms with van der Waals surface area (Å²) in [5.74, 6) is 0.634. The van der Waals surface area contributed by atoms with Gasteiger partial charge in [0, 0.05) is 22.6 Å². The lowest BCUT2D eigenvalue weighted by Crippen LogP contribution is -2.21. The van der Waals surface area contributed by atoms with Gasteiger partial charge < -0.3 is 29.1 Å². The van der Waals surface area contributed by atoms with Crippen LogP contribution in [0.2, 0.25) is 0 Å². The minimum Gasteiger partial charge on any atom is -0.493 e. The maximum Gasteiger partial charge on any atom is 0.379 e. The molecule has 8 nitrogen and oxygen atoms in total. The Kier molecular flexibility index (Phi) is 7.69. The highest BCUT2D eigenvalue weighted by Crippen LogP contribution is 2.45. The average molecular weight is 587 g/mol. The van der Waals surface area contributed by atoms with Gasteiger partial charge in [0.2, 0.25) is 11.6 Å². The van der Waals surface area contributed by atoms with Gasteiger partial charge in [-0.1, -0.05) is 55.5 Å². The van der Waals surface area contributed by atoms with Crippen molar-refractivity contribution in [3.8, 4) is 29.1 Å². The van der Waals surface area contributed by atoms with Crippen molar-refractivity contribution in [1.29, 1.82) is 5.26 Å². The van der Waals surface area contributed by atoms with Gasteiger partial charge in [0.1, 0.15) is 35.3 Å². The van der Waals surface area contributed by atoms with Gasteiger partial charge in [0.05, 0.1) is 13.0 Å². The zero-order chi connectivity index (χ0) is 30.8. The molecule has 0 fully saturated rings. The van der Waals surface area contributed by atoms with Gasteiger partial charge >= 0.3 is 5.97 Å². The number of ether oxygens (including phenoxy) is 4. The van der Waals surface area contributed by atoms with Gasteiger partial charge in [0.15, 0.2) is 11.5 Å². The first kappa shape index (κ1) is 28.4. The Bertz CT molecular complexity index is 1950. The van der Waals surface area contributed by atoms with Crippen molar-refractivity contribution in [2.45, 2.75) is 32.8 Å². The van der Waals surface area contributed by atoms with E-state index >= 15 is 0 Å². The van der Waals surface area contributed by atoms with Crippen LogP contribution in [-0.2, 0) is 13.0 Å². The third-order valence-corrected chi connectivity index (χ3v) is 7.75. The number of carbonyl (C=O) groups excluding carboxylic acids is 1. The van der Waals surface area contributed by atoms with Gasteiger partial charge in [0.25, 0.3) is 0 Å². The molecule has 1 atom stereocenters. The number of furan rings is 1. The molecule has 0 saturated heterocycles. The molecule has 0 amide bonds. The molecule has 0 bridgehead atoms. The van der Waals surface area contributed by atoms with Crippen LogP contribution in [-0.4, -0.2) is 13.1 Å². The molecule has 1 aliphatic rings. The Morgan fingerprint density at radius 3 is 2.55 bits per heavy atom. The molecule has 0 aliphatic carbocycles. The number of aryl methyl sites for hydroxylation is 2. The lowest BCUT2D eigenvalue weighted by atomic mass is 9.83. The van der Waals surface area contributed by atoms with E-state index in [0.29, 0.717) is 40.6 Å². The summed E-state index contributed by atoms with van der Waals surface area (Å²) >= 11 is 0. The Balaban J connectivity index is 1.28. The molecule has 44 heavy (non-hydrogen) atoms. The highest BCUT2D eigenvalue weighted by Gasteiger charge is 2.32. The molecule has 5 aromatic rings. The summed E-state index contributed by atoms with van der Waals surface area (Å²) in [5, 5.41) is 10.9. The molecule has 4 aromatic carbocycles. The summed E-state index contributed by atoms with van der Waals surface area (Å²) in [6.07, 6.45) is 0.876. The predicted molar refractivity (Wildman–Crippen MR) is 165 cm³/mol. The van der Waals surface area contributed by atoms with E-state index in [1.54, 1.807) is 25.3 Å². The summed E-state index contributed by atoms with van der Waals surface area (Å²) in [5.41, 5.74) is 11.4. The first-order valence-electron chi connectivity index (χ1n) is 14.2. The lowest BCUT2D eigenvalue weighted by Gasteiger charge is -2.27. The molecule has 0 radical (unpaired) electrons. The molecule has 2 heterocycles. The number of esters is 1. The van der Waals surface area contributed by atoms with Crippen LogP contribution in [0.4, 0.5) is 0 Å². The molecule has 1 unspecified atom stereocenters. The number of nitrogens with zero attached hydrogens (tertiary/aromatic N) is 1. The summed E-state index contributed by atoms with van der Waals surface area (Å²) in [6, 6.07) is 28.4. The second kappa shape index (κ2) is 11.9. The van der Waals surface area contributed by atoms with Crippen LogP contribution in [0, 0.1) is 18.3 Å². The topological polar surface area (TPSA) is 117 Å². The van der Waals surface area contributed by atoms with Crippen LogP contribution in [0.3, 0.4) is 0 Å². The number of fused-ring (bicyclic) bond motifs is 2. The highest BCUT2D eigenvalue weighted by molar-refractivity contribution is 5.97. The summed E-state index contributed by atoms with van der Waals surface area (Å²) < 4.78 is 29.1. The standard InChI is InChI=1S/C36H30N2O6/c1-4-22-10-14-29-27(16-22)21(2)34(43-29)36(39)42-25-12-13-26-31(18-25)44-35(38)28(19-37)33(26)24-11-15-30(32(17-24)40-3)41-20-23-8-6-5-7-9-23/h5-18,33H,4,20,38H2,1-3H3. The fourth-order valence-electron chi connectivity index (χ4n) is 5.40. The highest BCUT2D eigenvalue weighted by atomic mass is 16.5. The number of nitriles is 1. The predicted octanol–water partition coefficient (Wildman–Crippen LogP) is 7.33. The molecule has 1 aliphatic heterocycles. The van der Waals surface area contributed by atoms with E-state index in [0.717, 1.165) is 28.5 Å². The number of hydrogen-bond acceptors (Lipinski definition) is 8. The minimum absolute atomic E-state index is 0.0308. The Labute approximate surface area is 254 Å². The van der Waals surface area contributed by atoms with Gasteiger partial charge in [-0.25, -0.2) is 4.79 Å². The lowest BCUT2D eigenvalue weighted by molar-refractivity contribution is 0.0702. The maximum atomic E-state index is 13.2. The fraction of sp³-hybridized carbons (Fsp3) is 0.167. The molecule has 0 spiro atoms. The molecule has 0 saturated carbocycles. The number of carbonyl (C=O) groups is 1. The number of benzene rings is 4. The third kappa shape index (κ3) is 5.32. The number of methoxy groups -OCH3 is 1. The van der Waals surface area contributed by atoms with Crippen LogP contribution < -0.4 is 24.7 Å². The second-order valence-electron chi connectivity index (χ2n) is 10.4. The normalized spacial score (nSPS) is 14.0. The first-order valence-corrected chi connectivity index (χ1v) is 14.2. The van der Waals surface area contributed by atoms with Gasteiger partial charge in [-0.15, -0.1) is 0 Å². The fourth-order valence-corrected chi connectivity index (χ4v) is 5.40. The number of nitrogens with two attached hydrogens (primary N) is 1. The van der Waals surface area contributed by atoms with Crippen molar-refractivity contribution in [3.63, 3.8) is 0 Å². The monoisotopic (exact) mass is 586 g/mol. The molecule has 2 N–H and O–H groups in total. The summed E-state index contributed by atoms with van der Waals surface area (Å²) in [7, 11) is 1.56. The van der Waals surface area contributed by atoms with E-state index < -0.39 is 11.9 Å². The number of hydrogen-bond donors (Lipinski definition) is 1. The van der Waals surface area contributed by atoms with E-state index in [1.807, 2.05) is 73.7 Å². The molecule has 8 heteroatoms. The summed E-state index contributed by atoms with van der Waals surface area (Å²) in [4.78, 5) is 13.2. The van der Waals surface area contributed by atoms with Crippen LogP contribution in [0.25, 0.3) is 11.0 Å². The van der Waals surface area contributed by atoms with Crippen LogP contribution in [0.5, 0.6) is 23.0 Å². The van der Waals surface area contributed by atoms with E-state index in [9.17, 15) is 10.1 Å². The molecule has 220 valence electrons. The van der Waals surface area contributed by atoms with Gasteiger partial charge in [-0.3, -0.25) is 0 Å². The zero-order valence-corrected chi connectivity index (χ0v) is 24.5. The average Bonchev–Trinajstić information content (AvgIpc) is 3.38. The van der Waals surface area contributed by atoms with Gasteiger partial charge in [-0.2, -0.15) is 5.26 Å². The van der Waals surface area contributed by atoms with E-state index in [1.165, 1.54) is 0 Å². The Morgan fingerprint density at radius 2 is 1.80 bits per heavy atom. The molecular formula is C36H30N2O6. The van der Waals surface area contributed by atoms with Crippen molar-refractivity contribution in [3.05, 3.63) is 130 Å². The van der Waals surface area contributed by atoms with Crippen molar-refractivity contribution in [2.24, 2.45) is 5.73 Å². The Hall–Kier alpha value is -5.68. The SMILES string of the molecule is CCc1ccc2oc(C(=O)Oc3ccc4c(c3)OC(N)=C(C#N)C4c3ccc(OCc4ccccc4)c(OC)c3)c(C)c2c1. The third-order valence-electron chi connectivity index (χ3n) is 7.75. The van der Waals surface area contributed by atoms with Crippen LogP contribution in [0.1, 0.15) is 51.2 Å². The smallest absolute Gasteiger partial charge is 0.379 e. The minimum atomic E-state index is -0.624. The van der Waals surface area contributed by atoms with Crippen molar-refractivity contribution in [2.75, 3.05) is 7.11 Å². The quantitative estimate of drug-likeness (QED) is 0.148. The van der Waals surface area contributed by atoms with E-state index in [-0.39, 0.29) is 23.0 Å². The summed E-state index contributed by atoms with van der Waals surface area (Å²) in [6.45, 7) is 4.29. The molecule has 1 aromatic heterocycles. The number of rotatable bonds is 8. The van der Waals surface area contributed by atoms with Crippen LogP contribution in [0.15, 0.2) is 101 Å². The van der Waals surface area contributed by atoms with Crippen molar-refractivity contribution in [1.82, 2.24) is 0 Å². The first-order chi connectivity index (χ1) is 21.4. The molecule has 6 rings (SSSR count). The van der Waals surface area contributed by atoms with E-state index in [4.69, 9.17) is 29.1 Å². The zero-order valence-electron chi connectivity index (χ0n) is 24.5. The molecular weight excluding hydrogens is 556 g/mol. The number of allylic oxidation sites excluding steroid dienone is 1.